The number of aromatic carboxylic acids is 1. The van der Waals surface area contributed by atoms with Crippen LogP contribution in [0.5, 0.6) is 5.75 Å². The number of nitrogens with zero attached hydrogens (tertiary/aromatic N) is 3. The van der Waals surface area contributed by atoms with Crippen LogP contribution in [-0.2, 0) is 43.3 Å². The van der Waals surface area contributed by atoms with Gasteiger partial charge in [0.1, 0.15) is 41.1 Å². The van der Waals surface area contributed by atoms with E-state index in [1.807, 2.05) is 0 Å². The molecule has 4 unspecified atom stereocenters. The lowest BCUT2D eigenvalue weighted by Gasteiger charge is -2.19. The first kappa shape index (κ1) is 47.0. The molecule has 2 amide bonds. The highest BCUT2D eigenvalue weighted by atomic mass is 32.2. The van der Waals surface area contributed by atoms with Gasteiger partial charge in [-0.05, 0) is 78.6 Å². The van der Waals surface area contributed by atoms with Crippen LogP contribution in [-0.4, -0.2) is 78.0 Å². The van der Waals surface area contributed by atoms with E-state index in [9.17, 15) is 47.3 Å². The summed E-state index contributed by atoms with van der Waals surface area (Å²) in [6.45, 7) is -0.755. The lowest BCUT2D eigenvalue weighted by atomic mass is 9.88. The summed E-state index contributed by atoms with van der Waals surface area (Å²) >= 11 is 0. The second kappa shape index (κ2) is 19.4. The molecule has 348 valence electrons. The molecular weight excluding hydrogens is 937 g/mol. The van der Waals surface area contributed by atoms with Crippen molar-refractivity contribution in [3.63, 3.8) is 0 Å². The highest BCUT2D eigenvalue weighted by Gasteiger charge is 2.31. The first-order valence-electron chi connectivity index (χ1n) is 20.0. The quantitative estimate of drug-likeness (QED) is 0.0370. The van der Waals surface area contributed by atoms with Crippen LogP contribution in [0.1, 0.15) is 66.8 Å². The van der Waals surface area contributed by atoms with Crippen LogP contribution in [0.15, 0.2) is 93.4 Å². The Labute approximate surface area is 381 Å². The van der Waals surface area contributed by atoms with E-state index in [1.165, 1.54) is 60.9 Å². The summed E-state index contributed by atoms with van der Waals surface area (Å²) in [5, 5.41) is 27.7. The molecule has 5 aromatic rings. The molecule has 3 aromatic carbocycles. The normalized spacial score (nSPS) is 15.8. The Kier molecular flexibility index (Phi) is 13.6. The number of nitrogens with one attached hydrogen (secondary N) is 2. The van der Waals surface area contributed by atoms with Gasteiger partial charge in [0.15, 0.2) is 14.5 Å². The predicted molar refractivity (Wildman–Crippen MR) is 241 cm³/mol. The Morgan fingerprint density at radius 1 is 0.955 bits per heavy atom. The zero-order valence-electron chi connectivity index (χ0n) is 34.6. The highest BCUT2D eigenvalue weighted by Crippen LogP contribution is 2.45. The Morgan fingerprint density at radius 3 is 2.43 bits per heavy atom. The maximum atomic E-state index is 14.0. The summed E-state index contributed by atoms with van der Waals surface area (Å²) in [6.07, 6.45) is 3.16. The minimum absolute atomic E-state index is 0.00617. The monoisotopic (exact) mass is 975 g/mol. The minimum atomic E-state index is -4.75. The number of carbonyl (C=O) groups is 3. The molecule has 67 heavy (non-hydrogen) atoms. The number of phenols is 1. The van der Waals surface area contributed by atoms with Crippen LogP contribution >= 0.6 is 17.6 Å². The van der Waals surface area contributed by atoms with Crippen molar-refractivity contribution in [2.75, 3.05) is 12.3 Å². The van der Waals surface area contributed by atoms with Gasteiger partial charge in [0, 0.05) is 58.6 Å². The minimum Gasteiger partial charge on any atom is -0.507 e. The van der Waals surface area contributed by atoms with Crippen LogP contribution < -0.4 is 27.5 Å². The number of aromatic hydroxyl groups is 1. The third kappa shape index (κ3) is 9.69. The lowest BCUT2D eigenvalue weighted by Crippen LogP contribution is -2.23. The molecule has 1 saturated heterocycles. The van der Waals surface area contributed by atoms with E-state index >= 15 is 0 Å². The number of aromatic nitrogens is 3. The van der Waals surface area contributed by atoms with Crippen molar-refractivity contribution in [1.82, 2.24) is 25.2 Å². The number of nitrogen functional groups attached to an aromatic ring is 1. The van der Waals surface area contributed by atoms with Gasteiger partial charge in [0.25, 0.3) is 21.9 Å². The van der Waals surface area contributed by atoms with Crippen LogP contribution in [0, 0.1) is 0 Å². The first-order chi connectivity index (χ1) is 32.1. The average molecular weight is 976 g/mol. The molecule has 4 heterocycles. The van der Waals surface area contributed by atoms with Crippen LogP contribution in [0.2, 0.25) is 0 Å². The van der Waals surface area contributed by atoms with Gasteiger partial charge in [-0.1, -0.05) is 6.07 Å². The molecule has 1 fully saturated rings. The molecule has 2 aromatic heterocycles. The number of phenolic OH excluding ortho intramolecular Hbond substituents is 1. The van der Waals surface area contributed by atoms with Crippen LogP contribution in [0.4, 0.5) is 5.82 Å². The van der Waals surface area contributed by atoms with Crippen molar-refractivity contribution in [2.45, 2.75) is 49.7 Å². The molecule has 2 aliphatic heterocycles. The first-order valence-corrected chi connectivity index (χ1v) is 23.4. The average Bonchev–Trinajstić information content (AvgIpc) is 3.93. The number of carboxylic acid groups (broad SMARTS) is 1. The third-order valence-electron chi connectivity index (χ3n) is 11.0. The molecule has 4 atom stereocenters. The summed E-state index contributed by atoms with van der Waals surface area (Å²) < 4.78 is 57.8. The van der Waals surface area contributed by atoms with Crippen molar-refractivity contribution in [1.29, 1.82) is 0 Å². The molecular formula is C42H39N7O15P2S. The molecule has 22 nitrogen and oxygen atoms in total. The molecule has 8 rings (SSSR count). The predicted octanol–water partition coefficient (Wildman–Crippen LogP) is 4.29. The zero-order chi connectivity index (χ0) is 47.7. The van der Waals surface area contributed by atoms with Gasteiger partial charge in [-0.15, -0.1) is 0 Å². The molecule has 0 bridgehead atoms. The number of anilines is 1. The number of ether oxygens (including phenoxy) is 1. The molecule has 1 aliphatic carbocycles. The summed E-state index contributed by atoms with van der Waals surface area (Å²) in [4.78, 5) is 79.5. The summed E-state index contributed by atoms with van der Waals surface area (Å²) in [7, 11) is -7.95. The largest absolute Gasteiger partial charge is 0.507 e. The fourth-order valence-electron chi connectivity index (χ4n) is 7.93. The van der Waals surface area contributed by atoms with Gasteiger partial charge in [-0.3, -0.25) is 23.2 Å². The Morgan fingerprint density at radius 2 is 1.70 bits per heavy atom. The number of nitrogens with two attached hydrogens (primary N) is 2. The van der Waals surface area contributed by atoms with E-state index < -0.39 is 74.7 Å². The van der Waals surface area contributed by atoms with E-state index in [0.717, 1.165) is 12.1 Å². The van der Waals surface area contributed by atoms with Crippen molar-refractivity contribution in [3.05, 3.63) is 123 Å². The number of hydrogen-bond acceptors (Lipinski definition) is 17. The van der Waals surface area contributed by atoms with Crippen molar-refractivity contribution < 1.29 is 65.3 Å². The number of carbonyl (C=O) groups excluding carboxylic acids is 2. The van der Waals surface area contributed by atoms with Gasteiger partial charge in [-0.25, -0.2) is 14.8 Å². The Hall–Kier alpha value is -6.49. The van der Waals surface area contributed by atoms with E-state index in [-0.39, 0.29) is 92.5 Å². The van der Waals surface area contributed by atoms with Crippen molar-refractivity contribution in [3.8, 4) is 28.2 Å². The number of fused-ring (bicyclic) bond motifs is 3. The summed E-state index contributed by atoms with van der Waals surface area (Å²) in [5.74, 6) is -3.04. The topological polar surface area (TPSA) is 351 Å². The third-order valence-corrected chi connectivity index (χ3v) is 13.3. The van der Waals surface area contributed by atoms with Crippen LogP contribution in [0.3, 0.4) is 0 Å². The molecule has 25 heteroatoms. The van der Waals surface area contributed by atoms with Gasteiger partial charge in [0.2, 0.25) is 0 Å². The smallest absolute Gasteiger partial charge is 0.336 e. The molecule has 0 saturated carbocycles. The summed E-state index contributed by atoms with van der Waals surface area (Å²) in [5.41, 5.74) is 12.6. The SMILES string of the molecule is NCc1ccc(C(=O)NCc2c(O)ccc3c(-c4cc(C(=O)NCc5cn(C6CCC(COP(O)OPO)O6)c6ncnc(N)c56)ccc4C(=O)O)c4ccc(=O)cc-4oc23)cc1S(=O)(=O)O. The number of rotatable bonds is 16. The zero-order valence-corrected chi connectivity index (χ0v) is 37.3. The van der Waals surface area contributed by atoms with Gasteiger partial charge in [0.05, 0.1) is 40.7 Å². The second-order valence-corrected chi connectivity index (χ2v) is 18.1. The van der Waals surface area contributed by atoms with E-state index in [0.29, 0.717) is 29.4 Å². The molecule has 11 N–H and O–H groups in total. The number of hydrogen-bond donors (Lipinski definition) is 9. The molecule has 3 aliphatic rings. The highest BCUT2D eigenvalue weighted by molar-refractivity contribution is 7.85. The maximum absolute atomic E-state index is 14.0. The number of amides is 2. The van der Waals surface area contributed by atoms with Gasteiger partial charge >= 0.3 is 14.6 Å². The van der Waals surface area contributed by atoms with E-state index in [2.05, 4.69) is 24.9 Å². The van der Waals surface area contributed by atoms with Crippen molar-refractivity contribution in [2.24, 2.45) is 5.73 Å². The number of carboxylic acids is 1. The molecule has 0 spiro atoms. The van der Waals surface area contributed by atoms with Gasteiger partial charge < -0.3 is 60.3 Å². The van der Waals surface area contributed by atoms with Gasteiger partial charge in [-0.2, -0.15) is 8.42 Å². The van der Waals surface area contributed by atoms with E-state index in [1.54, 1.807) is 10.8 Å². The Balaban J connectivity index is 1.12. The Bertz CT molecular complexity index is 3240. The van der Waals surface area contributed by atoms with Crippen LogP contribution in [0.25, 0.3) is 44.5 Å². The lowest BCUT2D eigenvalue weighted by molar-refractivity contribution is -0.0170. The fraction of sp³-hybridized carbons (Fsp3) is 0.190. The number of benzene rings is 4. The second-order valence-electron chi connectivity index (χ2n) is 15.0. The maximum Gasteiger partial charge on any atom is 0.336 e. The van der Waals surface area contributed by atoms with Crippen molar-refractivity contribution >= 4 is 73.4 Å². The molecule has 0 radical (unpaired) electrons. The summed E-state index contributed by atoms with van der Waals surface area (Å²) in [6, 6.07) is 14.0. The van der Waals surface area contributed by atoms with E-state index in [4.69, 9.17) is 30.0 Å². The standard InChI is InChI=1S/C42H39N7O15P2S/c43-14-22-2-1-21(12-33(22)67(58,59)60)41(53)46-16-30-31(51)9-8-28-36(27-7-4-24(50)13-32(27)63-37(28)30)29-11-20(3-6-26(29)42(54)55)40(52)45-15-23-17-49(39-35(23)38(44)47-19-48-39)34-10-5-25(62-34)18-61-66(57)64-65-56/h1-4,6-9,11-13,17,19,25,34,51,56-57,65H,5,10,14-16,18,43H2,(H,45,52)(H,46,53)(H,54,55)(H2,44,47,48)(H,58,59,60). The fourth-order valence-corrected chi connectivity index (χ4v) is 9.48.